The zero-order chi connectivity index (χ0) is 17.4. The fourth-order valence-electron chi connectivity index (χ4n) is 2.39. The van der Waals surface area contributed by atoms with Gasteiger partial charge in [0.15, 0.2) is 0 Å². The summed E-state index contributed by atoms with van der Waals surface area (Å²) in [5.74, 6) is -1.70. The van der Waals surface area contributed by atoms with Gasteiger partial charge in [-0.1, -0.05) is 35.9 Å². The third-order valence-electron chi connectivity index (χ3n) is 3.59. The number of rotatable bonds is 7. The number of hydrogen-bond acceptors (Lipinski definition) is 3. The van der Waals surface area contributed by atoms with Gasteiger partial charge >= 0.3 is 5.97 Å². The van der Waals surface area contributed by atoms with Crippen LogP contribution in [0.4, 0.5) is 0 Å². The molecule has 1 fully saturated rings. The molecule has 0 aromatic carbocycles. The predicted octanol–water partition coefficient (Wildman–Crippen LogP) is 2.20. The van der Waals surface area contributed by atoms with Crippen LogP contribution in [0.2, 0.25) is 0 Å². The van der Waals surface area contributed by atoms with Crippen LogP contribution in [0.25, 0.3) is 0 Å². The van der Waals surface area contributed by atoms with E-state index in [2.05, 4.69) is 21.2 Å². The number of amides is 2. The average Bonchev–Trinajstić information content (AvgIpc) is 3.01. The molecule has 0 spiro atoms. The zero-order valence-corrected chi connectivity index (χ0v) is 15.1. The molecule has 0 aliphatic carbocycles. The Bertz CT molecular complexity index is 528. The van der Waals surface area contributed by atoms with E-state index in [0.717, 1.165) is 10.9 Å². The Hall–Kier alpha value is -1.63. The van der Waals surface area contributed by atoms with Gasteiger partial charge in [-0.2, -0.15) is 0 Å². The van der Waals surface area contributed by atoms with Gasteiger partial charge in [0.1, 0.15) is 6.04 Å². The summed E-state index contributed by atoms with van der Waals surface area (Å²) in [5.41, 5.74) is 0.491. The van der Waals surface area contributed by atoms with Crippen molar-refractivity contribution in [1.29, 1.82) is 0 Å². The molecule has 0 radical (unpaired) electrons. The van der Waals surface area contributed by atoms with Gasteiger partial charge in [0.25, 0.3) is 5.91 Å². The van der Waals surface area contributed by atoms with Crippen molar-refractivity contribution in [2.24, 2.45) is 0 Å². The molecule has 1 aliphatic rings. The number of carboxylic acids is 1. The first kappa shape index (κ1) is 19.4. The number of nitrogens with one attached hydrogen (secondary N) is 1. The van der Waals surface area contributed by atoms with Crippen LogP contribution < -0.4 is 5.32 Å². The fraction of sp³-hybridized carbons (Fsp3) is 0.562. The third kappa shape index (κ3) is 5.82. The molecular formula is C16H23BrN2O4. The topological polar surface area (TPSA) is 86.7 Å². The summed E-state index contributed by atoms with van der Waals surface area (Å²) in [5, 5.41) is 11.7. The Morgan fingerprint density at radius 1 is 1.35 bits per heavy atom. The minimum absolute atomic E-state index is 0.193. The molecule has 1 rings (SSSR count). The molecular weight excluding hydrogens is 364 g/mol. The maximum atomic E-state index is 12.2. The summed E-state index contributed by atoms with van der Waals surface area (Å²) in [7, 11) is 0. The minimum Gasteiger partial charge on any atom is -0.480 e. The molecule has 1 aliphatic heterocycles. The van der Waals surface area contributed by atoms with E-state index >= 15 is 0 Å². The Morgan fingerprint density at radius 2 is 2.04 bits per heavy atom. The Labute approximate surface area is 144 Å². The van der Waals surface area contributed by atoms with Crippen molar-refractivity contribution >= 4 is 33.7 Å². The first-order chi connectivity index (χ1) is 10.9. The minimum atomic E-state index is -0.997. The predicted molar refractivity (Wildman–Crippen MR) is 91.1 cm³/mol. The fourth-order valence-corrected chi connectivity index (χ4v) is 2.64. The Balaban J connectivity index is 2.65. The van der Waals surface area contributed by atoms with Crippen molar-refractivity contribution in [3.8, 4) is 0 Å². The Morgan fingerprint density at radius 3 is 2.61 bits per heavy atom. The van der Waals surface area contributed by atoms with E-state index in [4.69, 9.17) is 5.11 Å². The maximum absolute atomic E-state index is 12.2. The lowest BCUT2D eigenvalue weighted by Crippen LogP contribution is -2.45. The summed E-state index contributed by atoms with van der Waals surface area (Å²) >= 11 is 3.37. The van der Waals surface area contributed by atoms with E-state index in [1.54, 1.807) is 12.2 Å². The highest BCUT2D eigenvalue weighted by molar-refractivity contribution is 9.11. The lowest BCUT2D eigenvalue weighted by atomic mass is 10.1. The SMILES string of the molecule is CC/C=C(\C=C(\Br)CC)C(=O)NCC(=O)N1CCCC1C(=O)O. The summed E-state index contributed by atoms with van der Waals surface area (Å²) in [6, 6.07) is -0.779. The largest absolute Gasteiger partial charge is 0.480 e. The van der Waals surface area contributed by atoms with Crippen LogP contribution in [0.15, 0.2) is 22.2 Å². The van der Waals surface area contributed by atoms with Gasteiger partial charge in [-0.05, 0) is 36.2 Å². The maximum Gasteiger partial charge on any atom is 0.326 e. The summed E-state index contributed by atoms with van der Waals surface area (Å²) in [4.78, 5) is 36.7. The van der Waals surface area contributed by atoms with E-state index in [1.165, 1.54) is 4.90 Å². The van der Waals surface area contributed by atoms with Gasteiger partial charge in [0.05, 0.1) is 6.54 Å². The van der Waals surface area contributed by atoms with Gasteiger partial charge in [-0.3, -0.25) is 9.59 Å². The highest BCUT2D eigenvalue weighted by Crippen LogP contribution is 2.17. The van der Waals surface area contributed by atoms with Crippen molar-refractivity contribution in [2.45, 2.75) is 45.6 Å². The van der Waals surface area contributed by atoms with Crippen molar-refractivity contribution in [2.75, 3.05) is 13.1 Å². The third-order valence-corrected chi connectivity index (χ3v) is 4.38. The van der Waals surface area contributed by atoms with Crippen molar-refractivity contribution < 1.29 is 19.5 Å². The van der Waals surface area contributed by atoms with Crippen molar-refractivity contribution in [3.05, 3.63) is 22.2 Å². The molecule has 1 unspecified atom stereocenters. The van der Waals surface area contributed by atoms with E-state index in [-0.39, 0.29) is 18.4 Å². The number of hydrogen-bond donors (Lipinski definition) is 2. The standard InChI is InChI=1S/C16H23BrN2O4/c1-3-6-11(9-12(17)4-2)15(21)18-10-14(20)19-8-5-7-13(19)16(22)23/h6,9,13H,3-5,7-8,10H2,1-2H3,(H,18,21)(H,22,23)/b11-6+,12-9+. The van der Waals surface area contributed by atoms with Crippen LogP contribution in [-0.2, 0) is 14.4 Å². The molecule has 7 heteroatoms. The second kappa shape index (κ2) is 9.50. The van der Waals surface area contributed by atoms with E-state index in [1.807, 2.05) is 13.8 Å². The number of aliphatic carboxylic acids is 1. The average molecular weight is 387 g/mol. The van der Waals surface area contributed by atoms with Crippen LogP contribution >= 0.6 is 15.9 Å². The zero-order valence-electron chi connectivity index (χ0n) is 13.5. The second-order valence-corrected chi connectivity index (χ2v) is 6.30. The first-order valence-corrected chi connectivity index (χ1v) is 8.56. The lowest BCUT2D eigenvalue weighted by Gasteiger charge is -2.21. The first-order valence-electron chi connectivity index (χ1n) is 7.77. The quantitative estimate of drug-likeness (QED) is 0.518. The summed E-state index contributed by atoms with van der Waals surface area (Å²) in [6.45, 7) is 4.12. The molecule has 23 heavy (non-hydrogen) atoms. The van der Waals surface area contributed by atoms with Crippen molar-refractivity contribution in [1.82, 2.24) is 10.2 Å². The van der Waals surface area contributed by atoms with Gasteiger partial charge in [-0.15, -0.1) is 0 Å². The van der Waals surface area contributed by atoms with Gasteiger partial charge in [-0.25, -0.2) is 4.79 Å². The van der Waals surface area contributed by atoms with Crippen LogP contribution in [-0.4, -0.2) is 46.9 Å². The monoisotopic (exact) mass is 386 g/mol. The number of carbonyl (C=O) groups excluding carboxylic acids is 2. The van der Waals surface area contributed by atoms with Crippen LogP contribution in [0.5, 0.6) is 0 Å². The summed E-state index contributed by atoms with van der Waals surface area (Å²) in [6.07, 6.45) is 6.11. The number of likely N-dealkylation sites (tertiary alicyclic amines) is 1. The second-order valence-electron chi connectivity index (χ2n) is 5.28. The smallest absolute Gasteiger partial charge is 0.326 e. The van der Waals surface area contributed by atoms with Gasteiger partial charge in [0, 0.05) is 12.1 Å². The van der Waals surface area contributed by atoms with Gasteiger partial charge < -0.3 is 15.3 Å². The van der Waals surface area contributed by atoms with Gasteiger partial charge in [0.2, 0.25) is 5.91 Å². The molecule has 1 heterocycles. The Kier molecular flexibility index (Phi) is 8.02. The molecule has 0 aromatic rings. The van der Waals surface area contributed by atoms with E-state index < -0.39 is 12.0 Å². The number of nitrogens with zero attached hydrogens (tertiary/aromatic N) is 1. The van der Waals surface area contributed by atoms with Crippen LogP contribution in [0.1, 0.15) is 39.5 Å². The van der Waals surface area contributed by atoms with E-state index in [9.17, 15) is 14.4 Å². The molecule has 2 amide bonds. The molecule has 6 nitrogen and oxygen atoms in total. The molecule has 0 aromatic heterocycles. The molecule has 1 saturated heterocycles. The molecule has 2 N–H and O–H groups in total. The molecule has 1 atom stereocenters. The van der Waals surface area contributed by atoms with Crippen LogP contribution in [0.3, 0.4) is 0 Å². The number of allylic oxidation sites excluding steroid dienone is 2. The number of carboxylic acid groups (broad SMARTS) is 1. The highest BCUT2D eigenvalue weighted by atomic mass is 79.9. The van der Waals surface area contributed by atoms with E-state index in [0.29, 0.717) is 31.4 Å². The summed E-state index contributed by atoms with van der Waals surface area (Å²) < 4.78 is 0.893. The lowest BCUT2D eigenvalue weighted by molar-refractivity contribution is -0.148. The van der Waals surface area contributed by atoms with Crippen molar-refractivity contribution in [3.63, 3.8) is 0 Å². The molecule has 128 valence electrons. The number of carbonyl (C=O) groups is 3. The number of halogens is 1. The van der Waals surface area contributed by atoms with Crippen LogP contribution in [0, 0.1) is 0 Å². The normalized spacial score (nSPS) is 18.9. The molecule has 0 bridgehead atoms. The molecule has 0 saturated carbocycles. The highest BCUT2D eigenvalue weighted by Gasteiger charge is 2.33.